The first-order chi connectivity index (χ1) is 7.77. The first-order valence-corrected chi connectivity index (χ1v) is 6.35. The van der Waals surface area contributed by atoms with Crippen molar-refractivity contribution < 1.29 is 4.84 Å². The first kappa shape index (κ1) is 12.7. The highest BCUT2D eigenvalue weighted by Gasteiger charge is 2.03. The van der Waals surface area contributed by atoms with Crippen LogP contribution in [0.3, 0.4) is 0 Å². The van der Waals surface area contributed by atoms with Crippen LogP contribution in [0.25, 0.3) is 0 Å². The van der Waals surface area contributed by atoms with E-state index in [0.717, 1.165) is 17.0 Å². The fourth-order valence-electron chi connectivity index (χ4n) is 1.19. The Hall–Kier alpha value is -1.40. The normalized spacial score (nSPS) is 10.9. The van der Waals surface area contributed by atoms with Crippen molar-refractivity contribution in [3.8, 4) is 12.3 Å². The highest BCUT2D eigenvalue weighted by atomic mass is 32.2. The number of nitrogens with zero attached hydrogens (tertiary/aromatic N) is 1. The SMILES string of the molecule is C#CCO/N=C(\CSC)c1ccc(C)cc1. The van der Waals surface area contributed by atoms with E-state index in [9.17, 15) is 0 Å². The van der Waals surface area contributed by atoms with Crippen molar-refractivity contribution in [2.45, 2.75) is 6.92 Å². The summed E-state index contributed by atoms with van der Waals surface area (Å²) >= 11 is 1.70. The van der Waals surface area contributed by atoms with E-state index in [0.29, 0.717) is 0 Å². The molecule has 0 amide bonds. The van der Waals surface area contributed by atoms with Crippen molar-refractivity contribution in [2.75, 3.05) is 18.6 Å². The molecule has 0 bridgehead atoms. The molecule has 3 heteroatoms. The number of terminal acetylenes is 1. The van der Waals surface area contributed by atoms with Crippen molar-refractivity contribution in [2.24, 2.45) is 5.16 Å². The molecule has 0 saturated carbocycles. The summed E-state index contributed by atoms with van der Waals surface area (Å²) in [6.07, 6.45) is 7.13. The molecule has 0 saturated heterocycles. The Morgan fingerprint density at radius 1 is 1.44 bits per heavy atom. The molecule has 0 aromatic heterocycles. The van der Waals surface area contributed by atoms with Gasteiger partial charge in [-0.1, -0.05) is 40.9 Å². The number of hydrogen-bond donors (Lipinski definition) is 0. The van der Waals surface area contributed by atoms with E-state index in [2.05, 4.69) is 30.1 Å². The van der Waals surface area contributed by atoms with Crippen LogP contribution in [-0.2, 0) is 4.84 Å². The van der Waals surface area contributed by atoms with Crippen LogP contribution in [0.2, 0.25) is 0 Å². The fourth-order valence-corrected chi connectivity index (χ4v) is 1.69. The monoisotopic (exact) mass is 233 g/mol. The molecule has 0 aliphatic carbocycles. The lowest BCUT2D eigenvalue weighted by atomic mass is 10.1. The standard InChI is InChI=1S/C13H15NOS/c1-4-9-15-14-13(10-16-3)12-7-5-11(2)6-8-12/h1,5-8H,9-10H2,2-3H3/b14-13+. The van der Waals surface area contributed by atoms with Crippen LogP contribution in [0.5, 0.6) is 0 Å². The molecule has 0 unspecified atom stereocenters. The van der Waals surface area contributed by atoms with Crippen molar-refractivity contribution in [3.05, 3.63) is 35.4 Å². The smallest absolute Gasteiger partial charge is 0.177 e. The highest BCUT2D eigenvalue weighted by Crippen LogP contribution is 2.08. The van der Waals surface area contributed by atoms with E-state index in [1.807, 2.05) is 18.4 Å². The quantitative estimate of drug-likeness (QED) is 0.337. The molecule has 0 heterocycles. The minimum Gasteiger partial charge on any atom is -0.382 e. The molecule has 1 aromatic rings. The van der Waals surface area contributed by atoms with Crippen LogP contribution in [0, 0.1) is 19.3 Å². The number of hydrogen-bond acceptors (Lipinski definition) is 3. The Kier molecular flexibility index (Phi) is 5.52. The Labute approximate surface area is 101 Å². The Morgan fingerprint density at radius 2 is 2.12 bits per heavy atom. The molecule has 0 atom stereocenters. The second-order valence-corrected chi connectivity index (χ2v) is 4.18. The van der Waals surface area contributed by atoms with Gasteiger partial charge in [-0.05, 0) is 13.2 Å². The zero-order valence-corrected chi connectivity index (χ0v) is 10.4. The summed E-state index contributed by atoms with van der Waals surface area (Å²) in [5, 5.41) is 4.06. The van der Waals surface area contributed by atoms with E-state index >= 15 is 0 Å². The van der Waals surface area contributed by atoms with Gasteiger partial charge in [0, 0.05) is 11.3 Å². The average molecular weight is 233 g/mol. The molecule has 0 aliphatic rings. The fraction of sp³-hybridized carbons (Fsp3) is 0.308. The molecular formula is C13H15NOS. The van der Waals surface area contributed by atoms with E-state index in [-0.39, 0.29) is 6.61 Å². The second kappa shape index (κ2) is 6.97. The number of rotatable bonds is 5. The van der Waals surface area contributed by atoms with Gasteiger partial charge in [-0.3, -0.25) is 0 Å². The van der Waals surface area contributed by atoms with Gasteiger partial charge in [0.15, 0.2) is 6.61 Å². The van der Waals surface area contributed by atoms with Crippen LogP contribution < -0.4 is 0 Å². The maximum atomic E-state index is 5.10. The van der Waals surface area contributed by atoms with E-state index in [1.54, 1.807) is 11.8 Å². The molecule has 0 spiro atoms. The average Bonchev–Trinajstić information content (AvgIpc) is 2.29. The van der Waals surface area contributed by atoms with E-state index in [1.165, 1.54) is 5.56 Å². The van der Waals surface area contributed by atoms with Gasteiger partial charge in [0.05, 0.1) is 5.71 Å². The van der Waals surface area contributed by atoms with E-state index in [4.69, 9.17) is 11.3 Å². The van der Waals surface area contributed by atoms with Gasteiger partial charge >= 0.3 is 0 Å². The van der Waals surface area contributed by atoms with Crippen LogP contribution in [0.15, 0.2) is 29.4 Å². The highest BCUT2D eigenvalue weighted by molar-refractivity contribution is 7.99. The lowest BCUT2D eigenvalue weighted by Gasteiger charge is -2.05. The van der Waals surface area contributed by atoms with Crippen molar-refractivity contribution >= 4 is 17.5 Å². The molecule has 0 N–H and O–H groups in total. The van der Waals surface area contributed by atoms with Gasteiger partial charge in [-0.25, -0.2) is 0 Å². The third-order valence-electron chi connectivity index (χ3n) is 1.99. The summed E-state index contributed by atoms with van der Waals surface area (Å²) in [7, 11) is 0. The maximum absolute atomic E-state index is 5.10. The van der Waals surface area contributed by atoms with Crippen LogP contribution in [-0.4, -0.2) is 24.3 Å². The van der Waals surface area contributed by atoms with E-state index < -0.39 is 0 Å². The number of thioether (sulfide) groups is 1. The van der Waals surface area contributed by atoms with Gasteiger partial charge in [-0.2, -0.15) is 11.8 Å². The predicted octanol–water partition coefficient (Wildman–Crippen LogP) is 2.71. The van der Waals surface area contributed by atoms with Crippen molar-refractivity contribution in [1.82, 2.24) is 0 Å². The van der Waals surface area contributed by atoms with Gasteiger partial charge in [0.1, 0.15) is 0 Å². The van der Waals surface area contributed by atoms with Crippen LogP contribution in [0.1, 0.15) is 11.1 Å². The topological polar surface area (TPSA) is 21.6 Å². The Morgan fingerprint density at radius 3 is 2.69 bits per heavy atom. The minimum absolute atomic E-state index is 0.212. The lowest BCUT2D eigenvalue weighted by Crippen LogP contribution is -2.05. The molecule has 1 aromatic carbocycles. The van der Waals surface area contributed by atoms with Crippen LogP contribution >= 0.6 is 11.8 Å². The summed E-state index contributed by atoms with van der Waals surface area (Å²) in [5.74, 6) is 3.20. The Bertz CT molecular complexity index is 389. The van der Waals surface area contributed by atoms with Crippen molar-refractivity contribution in [3.63, 3.8) is 0 Å². The summed E-state index contributed by atoms with van der Waals surface area (Å²) in [4.78, 5) is 5.02. The minimum atomic E-state index is 0.212. The van der Waals surface area contributed by atoms with Gasteiger partial charge in [0.25, 0.3) is 0 Å². The second-order valence-electron chi connectivity index (χ2n) is 3.31. The molecule has 0 fully saturated rings. The summed E-state index contributed by atoms with van der Waals surface area (Å²) in [6, 6.07) is 8.21. The summed E-state index contributed by atoms with van der Waals surface area (Å²) < 4.78 is 0. The van der Waals surface area contributed by atoms with Crippen LogP contribution in [0.4, 0.5) is 0 Å². The Balaban J connectivity index is 2.81. The lowest BCUT2D eigenvalue weighted by molar-refractivity contribution is 0.180. The third-order valence-corrected chi connectivity index (χ3v) is 2.55. The number of oxime groups is 1. The molecule has 16 heavy (non-hydrogen) atoms. The molecular weight excluding hydrogens is 218 g/mol. The largest absolute Gasteiger partial charge is 0.382 e. The first-order valence-electron chi connectivity index (χ1n) is 4.96. The molecule has 1 rings (SSSR count). The number of benzene rings is 1. The van der Waals surface area contributed by atoms with Crippen molar-refractivity contribution in [1.29, 1.82) is 0 Å². The zero-order chi connectivity index (χ0) is 11.8. The predicted molar refractivity (Wildman–Crippen MR) is 70.9 cm³/mol. The maximum Gasteiger partial charge on any atom is 0.177 e. The van der Waals surface area contributed by atoms with Gasteiger partial charge < -0.3 is 4.84 Å². The van der Waals surface area contributed by atoms with Gasteiger partial charge in [-0.15, -0.1) is 6.42 Å². The summed E-state index contributed by atoms with van der Waals surface area (Å²) in [6.45, 7) is 2.27. The molecule has 0 aliphatic heterocycles. The summed E-state index contributed by atoms with van der Waals surface area (Å²) in [5.41, 5.74) is 3.23. The third kappa shape index (κ3) is 4.00. The van der Waals surface area contributed by atoms with Gasteiger partial charge in [0.2, 0.25) is 0 Å². The molecule has 2 nitrogen and oxygen atoms in total. The zero-order valence-electron chi connectivity index (χ0n) is 9.56. The molecule has 0 radical (unpaired) electrons. The molecule has 84 valence electrons. The number of aryl methyl sites for hydroxylation is 1.